The summed E-state index contributed by atoms with van der Waals surface area (Å²) < 4.78 is 0. The summed E-state index contributed by atoms with van der Waals surface area (Å²) in [6.45, 7) is 6.45. The molecule has 1 aliphatic rings. The summed E-state index contributed by atoms with van der Waals surface area (Å²) in [5.41, 5.74) is 1.37. The predicted molar refractivity (Wildman–Crippen MR) is 49.0 cm³/mol. The van der Waals surface area contributed by atoms with Gasteiger partial charge in [-0.2, -0.15) is 0 Å². The molecule has 0 bridgehead atoms. The zero-order valence-electron chi connectivity index (χ0n) is 7.39. The molecule has 1 rings (SSSR count). The van der Waals surface area contributed by atoms with Crippen molar-refractivity contribution in [2.45, 2.75) is 20.8 Å². The second-order valence-corrected chi connectivity index (χ2v) is 3.51. The average Bonchev–Trinajstić information content (AvgIpc) is 1.82. The molecule has 0 spiro atoms. The van der Waals surface area contributed by atoms with Gasteiger partial charge < -0.3 is 5.32 Å². The highest BCUT2D eigenvalue weighted by molar-refractivity contribution is 5.19. The fourth-order valence-electron chi connectivity index (χ4n) is 1.19. The molecule has 0 aromatic carbocycles. The molecule has 1 aliphatic heterocycles. The molecule has 1 heterocycles. The summed E-state index contributed by atoms with van der Waals surface area (Å²) in [5, 5.41) is 3.17. The maximum absolute atomic E-state index is 3.17. The van der Waals surface area contributed by atoms with E-state index in [4.69, 9.17) is 0 Å². The lowest BCUT2D eigenvalue weighted by Crippen LogP contribution is -2.10. The Labute approximate surface area is 68.5 Å². The van der Waals surface area contributed by atoms with Crippen molar-refractivity contribution in [1.82, 2.24) is 5.32 Å². The second kappa shape index (κ2) is 2.95. The van der Waals surface area contributed by atoms with Gasteiger partial charge in [-0.05, 0) is 13.0 Å². The molecule has 0 saturated heterocycles. The van der Waals surface area contributed by atoms with Crippen molar-refractivity contribution >= 4 is 0 Å². The first-order valence-corrected chi connectivity index (χ1v) is 3.90. The van der Waals surface area contributed by atoms with Gasteiger partial charge in [0.15, 0.2) is 0 Å². The quantitative estimate of drug-likeness (QED) is 0.558. The van der Waals surface area contributed by atoms with Gasteiger partial charge in [-0.15, -0.1) is 0 Å². The van der Waals surface area contributed by atoms with Crippen LogP contribution in [-0.2, 0) is 0 Å². The Morgan fingerprint density at radius 3 is 2.73 bits per heavy atom. The third kappa shape index (κ3) is 2.62. The zero-order chi connectivity index (χ0) is 8.32. The van der Waals surface area contributed by atoms with E-state index in [2.05, 4.69) is 44.3 Å². The van der Waals surface area contributed by atoms with Gasteiger partial charge >= 0.3 is 0 Å². The predicted octanol–water partition coefficient (Wildman–Crippen LogP) is 2.59. The van der Waals surface area contributed by atoms with Crippen molar-refractivity contribution in [2.75, 3.05) is 0 Å². The van der Waals surface area contributed by atoms with Gasteiger partial charge in [0.25, 0.3) is 0 Å². The van der Waals surface area contributed by atoms with Crippen LogP contribution in [0.3, 0.4) is 0 Å². The Bertz CT molecular complexity index is 219. The second-order valence-electron chi connectivity index (χ2n) is 3.51. The van der Waals surface area contributed by atoms with Crippen LogP contribution in [0.4, 0.5) is 0 Å². The first-order valence-electron chi connectivity index (χ1n) is 3.90. The Morgan fingerprint density at radius 1 is 1.27 bits per heavy atom. The Morgan fingerprint density at radius 2 is 2.00 bits per heavy atom. The third-order valence-electron chi connectivity index (χ3n) is 1.63. The van der Waals surface area contributed by atoms with Crippen LogP contribution in [0.5, 0.6) is 0 Å². The molecule has 0 radical (unpaired) electrons. The normalized spacial score (nSPS) is 32.1. The van der Waals surface area contributed by atoms with Crippen molar-refractivity contribution in [2.24, 2.45) is 5.41 Å². The number of rotatable bonds is 0. The van der Waals surface area contributed by atoms with Gasteiger partial charge in [0, 0.05) is 17.3 Å². The number of allylic oxidation sites excluding steroid dienone is 5. The van der Waals surface area contributed by atoms with Gasteiger partial charge in [0.1, 0.15) is 0 Å². The van der Waals surface area contributed by atoms with Crippen LogP contribution in [0.15, 0.2) is 36.2 Å². The minimum absolute atomic E-state index is 0.168. The third-order valence-corrected chi connectivity index (χ3v) is 1.63. The van der Waals surface area contributed by atoms with Crippen LogP contribution in [0.2, 0.25) is 0 Å². The number of hydrogen-bond donors (Lipinski definition) is 1. The molecule has 0 aliphatic carbocycles. The standard InChI is InChI=1S/C10H15N/c1-9-8-10(2,3)6-4-5-7-11-9/h4-8,11H,1-3H3/b6-4-,7-5-,9-8+. The zero-order valence-corrected chi connectivity index (χ0v) is 7.39. The smallest absolute Gasteiger partial charge is 0.00828 e. The van der Waals surface area contributed by atoms with Gasteiger partial charge in [0.05, 0.1) is 0 Å². The lowest BCUT2D eigenvalue weighted by atomic mass is 9.91. The van der Waals surface area contributed by atoms with Gasteiger partial charge in [0.2, 0.25) is 0 Å². The summed E-state index contributed by atoms with van der Waals surface area (Å²) >= 11 is 0. The summed E-state index contributed by atoms with van der Waals surface area (Å²) in [4.78, 5) is 0. The molecule has 60 valence electrons. The summed E-state index contributed by atoms with van der Waals surface area (Å²) in [6.07, 6.45) is 10.4. The number of hydrogen-bond acceptors (Lipinski definition) is 1. The summed E-state index contributed by atoms with van der Waals surface area (Å²) in [5.74, 6) is 0. The van der Waals surface area contributed by atoms with E-state index in [1.165, 1.54) is 5.70 Å². The van der Waals surface area contributed by atoms with E-state index >= 15 is 0 Å². The SMILES string of the molecule is C/C1=C\C(C)(C)/C=C\C=C/N1. The first-order chi connectivity index (χ1) is 5.10. The van der Waals surface area contributed by atoms with Crippen LogP contribution in [-0.4, -0.2) is 0 Å². The van der Waals surface area contributed by atoms with Crippen molar-refractivity contribution in [3.63, 3.8) is 0 Å². The van der Waals surface area contributed by atoms with Gasteiger partial charge in [-0.3, -0.25) is 0 Å². The number of nitrogens with one attached hydrogen (secondary N) is 1. The molecule has 0 fully saturated rings. The summed E-state index contributed by atoms with van der Waals surface area (Å²) in [6, 6.07) is 0. The van der Waals surface area contributed by atoms with E-state index in [1.807, 2.05) is 12.3 Å². The molecule has 0 saturated carbocycles. The average molecular weight is 149 g/mol. The minimum atomic E-state index is 0.168. The maximum Gasteiger partial charge on any atom is 0.00828 e. The van der Waals surface area contributed by atoms with Crippen LogP contribution >= 0.6 is 0 Å². The molecule has 0 atom stereocenters. The van der Waals surface area contributed by atoms with Crippen LogP contribution in [0.25, 0.3) is 0 Å². The minimum Gasteiger partial charge on any atom is -0.365 e. The molecule has 1 heteroatoms. The molecule has 1 nitrogen and oxygen atoms in total. The van der Waals surface area contributed by atoms with Gasteiger partial charge in [-0.25, -0.2) is 0 Å². The summed E-state index contributed by atoms with van der Waals surface area (Å²) in [7, 11) is 0. The maximum atomic E-state index is 3.17. The lowest BCUT2D eigenvalue weighted by molar-refractivity contribution is 0.615. The molecule has 11 heavy (non-hydrogen) atoms. The van der Waals surface area contributed by atoms with Crippen LogP contribution in [0.1, 0.15) is 20.8 Å². The molecule has 0 aromatic rings. The fraction of sp³-hybridized carbons (Fsp3) is 0.400. The van der Waals surface area contributed by atoms with Gasteiger partial charge in [-0.1, -0.05) is 32.1 Å². The molecule has 0 aromatic heterocycles. The lowest BCUT2D eigenvalue weighted by Gasteiger charge is -2.17. The Kier molecular flexibility index (Phi) is 2.18. The fourth-order valence-corrected chi connectivity index (χ4v) is 1.19. The van der Waals surface area contributed by atoms with E-state index in [0.717, 1.165) is 0 Å². The molecule has 1 N–H and O–H groups in total. The molecular weight excluding hydrogens is 134 g/mol. The van der Waals surface area contributed by atoms with E-state index in [0.29, 0.717) is 0 Å². The largest absolute Gasteiger partial charge is 0.365 e. The highest BCUT2D eigenvalue weighted by Gasteiger charge is 2.09. The van der Waals surface area contributed by atoms with E-state index in [-0.39, 0.29) is 5.41 Å². The molecule has 0 amide bonds. The highest BCUT2D eigenvalue weighted by Crippen LogP contribution is 2.21. The monoisotopic (exact) mass is 149 g/mol. The van der Waals surface area contributed by atoms with Crippen molar-refractivity contribution < 1.29 is 0 Å². The Hall–Kier alpha value is -0.980. The van der Waals surface area contributed by atoms with E-state index < -0.39 is 0 Å². The Balaban J connectivity index is 2.90. The highest BCUT2D eigenvalue weighted by atomic mass is 14.8. The topological polar surface area (TPSA) is 12.0 Å². The molecular formula is C10H15N. The van der Waals surface area contributed by atoms with Crippen LogP contribution < -0.4 is 5.32 Å². The van der Waals surface area contributed by atoms with Crippen LogP contribution in [0, 0.1) is 5.41 Å². The molecule has 0 unspecified atom stereocenters. The first kappa shape index (κ1) is 8.12. The van der Waals surface area contributed by atoms with Crippen molar-refractivity contribution in [3.05, 3.63) is 36.2 Å². The van der Waals surface area contributed by atoms with E-state index in [9.17, 15) is 0 Å². The van der Waals surface area contributed by atoms with E-state index in [1.54, 1.807) is 0 Å². The van der Waals surface area contributed by atoms with Crippen molar-refractivity contribution in [3.8, 4) is 0 Å². The van der Waals surface area contributed by atoms with Crippen molar-refractivity contribution in [1.29, 1.82) is 0 Å².